The minimum Gasteiger partial charge on any atom is -0.357 e. The van der Waals surface area contributed by atoms with Crippen molar-refractivity contribution >= 4 is 16.0 Å². The normalized spacial score (nSPS) is 12.2. The van der Waals surface area contributed by atoms with Gasteiger partial charge in [0.1, 0.15) is 0 Å². The summed E-state index contributed by atoms with van der Waals surface area (Å²) in [4.78, 5) is 4.62. The summed E-state index contributed by atoms with van der Waals surface area (Å²) in [5.41, 5.74) is 1.05. The lowest BCUT2D eigenvalue weighted by Gasteiger charge is -2.11. The maximum Gasteiger partial charge on any atom is 0.238 e. The maximum absolute atomic E-state index is 11.2. The zero-order chi connectivity index (χ0) is 16.4. The molecule has 4 N–H and O–H groups in total. The molecule has 124 valence electrons. The molecule has 0 fully saturated rings. The molecule has 6 nitrogen and oxygen atoms in total. The summed E-state index contributed by atoms with van der Waals surface area (Å²) in [6.07, 6.45) is 2.98. The number of hydrogen-bond acceptors (Lipinski definition) is 3. The van der Waals surface area contributed by atoms with Crippen LogP contribution in [0.5, 0.6) is 0 Å². The molecule has 1 aromatic carbocycles. The van der Waals surface area contributed by atoms with Gasteiger partial charge in [0.05, 0.1) is 4.90 Å². The van der Waals surface area contributed by atoms with E-state index >= 15 is 0 Å². The molecule has 0 bridgehead atoms. The first-order chi connectivity index (χ1) is 10.5. The summed E-state index contributed by atoms with van der Waals surface area (Å²) in [7, 11) is -3.62. The minimum atomic E-state index is -3.62. The Morgan fingerprint density at radius 3 is 2.41 bits per heavy atom. The topological polar surface area (TPSA) is 96.6 Å². The van der Waals surface area contributed by atoms with E-state index < -0.39 is 10.0 Å². The van der Waals surface area contributed by atoms with Crippen LogP contribution in [0.25, 0.3) is 0 Å². The lowest BCUT2D eigenvalue weighted by atomic mass is 10.1. The molecule has 0 unspecified atom stereocenters. The average molecular weight is 326 g/mol. The summed E-state index contributed by atoms with van der Waals surface area (Å²) in [5, 5.41) is 11.5. The van der Waals surface area contributed by atoms with Gasteiger partial charge in [-0.05, 0) is 37.5 Å². The third kappa shape index (κ3) is 6.91. The van der Waals surface area contributed by atoms with E-state index in [9.17, 15) is 8.42 Å². The number of guanidine groups is 1. The second-order valence-corrected chi connectivity index (χ2v) is 6.54. The second-order valence-electron chi connectivity index (χ2n) is 4.98. The molecule has 22 heavy (non-hydrogen) atoms. The maximum atomic E-state index is 11.2. The van der Waals surface area contributed by atoms with E-state index in [0.29, 0.717) is 0 Å². The highest BCUT2D eigenvalue weighted by Gasteiger charge is 2.06. The second kappa shape index (κ2) is 9.42. The zero-order valence-corrected chi connectivity index (χ0v) is 14.1. The van der Waals surface area contributed by atoms with Crippen LogP contribution in [0.2, 0.25) is 0 Å². The van der Waals surface area contributed by atoms with Crippen molar-refractivity contribution in [3.63, 3.8) is 0 Å². The number of aliphatic imine (C=N–C) groups is 1. The van der Waals surface area contributed by atoms with Gasteiger partial charge in [-0.25, -0.2) is 13.6 Å². The van der Waals surface area contributed by atoms with Gasteiger partial charge >= 0.3 is 0 Å². The third-order valence-electron chi connectivity index (χ3n) is 3.08. The van der Waals surface area contributed by atoms with E-state index in [4.69, 9.17) is 5.14 Å². The SMILES string of the molecule is CCCCN=C(NCC)NCCc1ccc(S(N)(=O)=O)cc1. The van der Waals surface area contributed by atoms with Crippen molar-refractivity contribution in [1.82, 2.24) is 10.6 Å². The molecule has 0 heterocycles. The molecule has 0 aromatic heterocycles. The lowest BCUT2D eigenvalue weighted by molar-refractivity contribution is 0.598. The molecule has 0 atom stereocenters. The van der Waals surface area contributed by atoms with Crippen molar-refractivity contribution in [1.29, 1.82) is 0 Å². The Kier molecular flexibility index (Phi) is 7.90. The van der Waals surface area contributed by atoms with E-state index in [2.05, 4.69) is 22.5 Å². The van der Waals surface area contributed by atoms with Gasteiger partial charge in [0.15, 0.2) is 5.96 Å². The Morgan fingerprint density at radius 2 is 1.86 bits per heavy atom. The minimum absolute atomic E-state index is 0.138. The molecule has 1 rings (SSSR count). The largest absolute Gasteiger partial charge is 0.357 e. The number of nitrogens with one attached hydrogen (secondary N) is 2. The fourth-order valence-corrected chi connectivity index (χ4v) is 2.38. The summed E-state index contributed by atoms with van der Waals surface area (Å²) >= 11 is 0. The Morgan fingerprint density at radius 1 is 1.18 bits per heavy atom. The summed E-state index contributed by atoms with van der Waals surface area (Å²) in [6, 6.07) is 6.63. The molecule has 7 heteroatoms. The highest BCUT2D eigenvalue weighted by atomic mass is 32.2. The summed E-state index contributed by atoms with van der Waals surface area (Å²) in [6.45, 7) is 6.53. The van der Waals surface area contributed by atoms with Crippen LogP contribution in [0.1, 0.15) is 32.3 Å². The average Bonchev–Trinajstić information content (AvgIpc) is 2.47. The predicted octanol–water partition coefficient (Wildman–Crippen LogP) is 1.23. The van der Waals surface area contributed by atoms with Crippen LogP contribution in [-0.4, -0.2) is 34.0 Å². The van der Waals surface area contributed by atoms with Crippen molar-refractivity contribution in [2.45, 2.75) is 38.0 Å². The van der Waals surface area contributed by atoms with Crippen molar-refractivity contribution in [2.75, 3.05) is 19.6 Å². The van der Waals surface area contributed by atoms with Gasteiger partial charge in [-0.15, -0.1) is 0 Å². The van der Waals surface area contributed by atoms with Gasteiger partial charge in [0.25, 0.3) is 0 Å². The van der Waals surface area contributed by atoms with Gasteiger partial charge in [0, 0.05) is 19.6 Å². The first kappa shape index (κ1) is 18.4. The monoisotopic (exact) mass is 326 g/mol. The zero-order valence-electron chi connectivity index (χ0n) is 13.3. The third-order valence-corrected chi connectivity index (χ3v) is 4.01. The van der Waals surface area contributed by atoms with E-state index in [1.807, 2.05) is 6.92 Å². The van der Waals surface area contributed by atoms with E-state index in [1.165, 1.54) is 12.1 Å². The quantitative estimate of drug-likeness (QED) is 0.380. The molecule has 0 amide bonds. The number of nitrogens with zero attached hydrogens (tertiary/aromatic N) is 1. The van der Waals surface area contributed by atoms with Crippen LogP contribution in [0.4, 0.5) is 0 Å². The predicted molar refractivity (Wildman–Crippen MR) is 90.4 cm³/mol. The Bertz CT molecular complexity index is 568. The van der Waals surface area contributed by atoms with E-state index in [-0.39, 0.29) is 4.90 Å². The van der Waals surface area contributed by atoms with Crippen LogP contribution < -0.4 is 15.8 Å². The number of unbranched alkanes of at least 4 members (excludes halogenated alkanes) is 1. The first-order valence-corrected chi connectivity index (χ1v) is 9.16. The smallest absolute Gasteiger partial charge is 0.238 e. The Hall–Kier alpha value is -1.60. The molecule has 0 aliphatic rings. The Balaban J connectivity index is 2.49. The van der Waals surface area contributed by atoms with Crippen LogP contribution >= 0.6 is 0 Å². The molecule has 0 spiro atoms. The van der Waals surface area contributed by atoms with E-state index in [0.717, 1.165) is 50.4 Å². The van der Waals surface area contributed by atoms with Gasteiger partial charge < -0.3 is 10.6 Å². The highest BCUT2D eigenvalue weighted by Crippen LogP contribution is 2.08. The van der Waals surface area contributed by atoms with Crippen molar-refractivity contribution in [3.8, 4) is 0 Å². The molecular weight excluding hydrogens is 300 g/mol. The van der Waals surface area contributed by atoms with Crippen molar-refractivity contribution < 1.29 is 8.42 Å². The molecule has 0 saturated carbocycles. The number of hydrogen-bond donors (Lipinski definition) is 3. The number of sulfonamides is 1. The van der Waals surface area contributed by atoms with Crippen molar-refractivity contribution in [2.24, 2.45) is 10.1 Å². The summed E-state index contributed by atoms with van der Waals surface area (Å²) in [5.74, 6) is 0.817. The van der Waals surface area contributed by atoms with Crippen LogP contribution in [0, 0.1) is 0 Å². The molecule has 0 radical (unpaired) electrons. The molecular formula is C15H26N4O2S. The fraction of sp³-hybridized carbons (Fsp3) is 0.533. The molecule has 0 aliphatic carbocycles. The van der Waals surface area contributed by atoms with Crippen LogP contribution in [0.15, 0.2) is 34.2 Å². The highest BCUT2D eigenvalue weighted by molar-refractivity contribution is 7.89. The standard InChI is InChI=1S/C15H26N4O2S/c1-3-5-11-18-15(17-4-2)19-12-10-13-6-8-14(9-7-13)22(16,20)21/h6-9H,3-5,10-12H2,1-2H3,(H2,16,20,21)(H2,17,18,19). The number of benzene rings is 1. The van der Waals surface area contributed by atoms with Crippen molar-refractivity contribution in [3.05, 3.63) is 29.8 Å². The first-order valence-electron chi connectivity index (χ1n) is 7.61. The van der Waals surface area contributed by atoms with Crippen LogP contribution in [0.3, 0.4) is 0 Å². The molecule has 0 aliphatic heterocycles. The van der Waals surface area contributed by atoms with Gasteiger partial charge in [-0.2, -0.15) is 0 Å². The molecule has 1 aromatic rings. The number of nitrogens with two attached hydrogens (primary N) is 1. The van der Waals surface area contributed by atoms with Gasteiger partial charge in [0.2, 0.25) is 10.0 Å². The fourth-order valence-electron chi connectivity index (χ4n) is 1.86. The number of rotatable bonds is 8. The van der Waals surface area contributed by atoms with Gasteiger partial charge in [-0.1, -0.05) is 25.5 Å². The van der Waals surface area contributed by atoms with Gasteiger partial charge in [-0.3, -0.25) is 4.99 Å². The Labute approximate surface area is 133 Å². The summed E-state index contributed by atoms with van der Waals surface area (Å²) < 4.78 is 22.4. The van der Waals surface area contributed by atoms with E-state index in [1.54, 1.807) is 12.1 Å². The number of primary sulfonamides is 1. The molecule has 0 saturated heterocycles. The van der Waals surface area contributed by atoms with Crippen LogP contribution in [-0.2, 0) is 16.4 Å². The lowest BCUT2D eigenvalue weighted by Crippen LogP contribution is -2.38.